The summed E-state index contributed by atoms with van der Waals surface area (Å²) in [6.45, 7) is 9.32. The molecule has 0 amide bonds. The number of rotatable bonds is 5. The third-order valence-electron chi connectivity index (χ3n) is 2.87. The maximum absolute atomic E-state index is 4.69. The number of nitrogens with one attached hydrogen (secondary N) is 1. The van der Waals surface area contributed by atoms with Gasteiger partial charge < -0.3 is 5.32 Å². The number of hydrogen-bond donors (Lipinski definition) is 1. The summed E-state index contributed by atoms with van der Waals surface area (Å²) in [4.78, 5) is 1.23. The van der Waals surface area contributed by atoms with Crippen molar-refractivity contribution < 1.29 is 4.63 Å². The number of benzene rings is 1. The molecule has 0 saturated heterocycles. The van der Waals surface area contributed by atoms with Crippen molar-refractivity contribution in [3.63, 3.8) is 0 Å². The van der Waals surface area contributed by atoms with Crippen molar-refractivity contribution in [2.24, 2.45) is 0 Å². The van der Waals surface area contributed by atoms with Gasteiger partial charge >= 0.3 is 0 Å². The Morgan fingerprint density at radius 1 is 1.15 bits per heavy atom. The fraction of sp³-hybridized carbons (Fsp3) is 0.467. The van der Waals surface area contributed by atoms with Gasteiger partial charge in [0, 0.05) is 22.7 Å². The Labute approximate surface area is 124 Å². The van der Waals surface area contributed by atoms with E-state index in [1.165, 1.54) is 10.5 Å². The molecule has 4 nitrogen and oxygen atoms in total. The summed E-state index contributed by atoms with van der Waals surface area (Å²) < 4.78 is 4.69. The van der Waals surface area contributed by atoms with Crippen LogP contribution in [-0.2, 0) is 12.3 Å². The molecule has 0 radical (unpaired) electrons. The Bertz CT molecular complexity index is 543. The molecule has 0 aliphatic carbocycles. The van der Waals surface area contributed by atoms with E-state index < -0.39 is 0 Å². The molecule has 20 heavy (non-hydrogen) atoms. The molecule has 5 heteroatoms. The number of thioether (sulfide) groups is 1. The molecule has 0 fully saturated rings. The van der Waals surface area contributed by atoms with Gasteiger partial charge in [0.2, 0.25) is 0 Å². The molecule has 0 spiro atoms. The highest BCUT2D eigenvalue weighted by Crippen LogP contribution is 2.23. The maximum atomic E-state index is 4.69. The van der Waals surface area contributed by atoms with E-state index >= 15 is 0 Å². The average molecular weight is 291 g/mol. The van der Waals surface area contributed by atoms with Crippen molar-refractivity contribution in [2.45, 2.75) is 50.4 Å². The highest BCUT2D eigenvalue weighted by molar-refractivity contribution is 7.98. The first-order valence-corrected chi connectivity index (χ1v) is 7.67. The van der Waals surface area contributed by atoms with Crippen LogP contribution in [-0.4, -0.2) is 15.9 Å². The van der Waals surface area contributed by atoms with Crippen LogP contribution in [0, 0.1) is 6.92 Å². The lowest BCUT2D eigenvalue weighted by molar-refractivity contribution is 0.302. The third kappa shape index (κ3) is 4.65. The van der Waals surface area contributed by atoms with Crippen LogP contribution in [0.5, 0.6) is 0 Å². The summed E-state index contributed by atoms with van der Waals surface area (Å²) in [5, 5.41) is 11.2. The second-order valence-corrected chi connectivity index (χ2v) is 6.88. The Morgan fingerprint density at radius 3 is 2.40 bits per heavy atom. The van der Waals surface area contributed by atoms with E-state index in [1.807, 2.05) is 6.92 Å². The summed E-state index contributed by atoms with van der Waals surface area (Å²) in [7, 11) is 0. The molecule has 1 aromatic heterocycles. The molecule has 0 saturated carbocycles. The van der Waals surface area contributed by atoms with E-state index in [1.54, 1.807) is 11.8 Å². The molecule has 0 aliphatic rings. The molecule has 0 bridgehead atoms. The van der Waals surface area contributed by atoms with Crippen LogP contribution in [0.3, 0.4) is 0 Å². The molecule has 2 rings (SSSR count). The zero-order chi connectivity index (χ0) is 14.6. The standard InChI is InChI=1S/C15H21N3OS/c1-11-14(18-19-17-11)10-20-13-7-5-12(6-8-13)9-16-15(2,3)4/h5-8,16H,9-10H2,1-4H3. The lowest BCUT2D eigenvalue weighted by Gasteiger charge is -2.20. The summed E-state index contributed by atoms with van der Waals surface area (Å²) in [6, 6.07) is 8.62. The van der Waals surface area contributed by atoms with E-state index in [0.717, 1.165) is 23.7 Å². The van der Waals surface area contributed by atoms with Crippen LogP contribution < -0.4 is 5.32 Å². The van der Waals surface area contributed by atoms with E-state index in [-0.39, 0.29) is 5.54 Å². The molecule has 2 aromatic rings. The van der Waals surface area contributed by atoms with Crippen molar-refractivity contribution in [2.75, 3.05) is 0 Å². The summed E-state index contributed by atoms with van der Waals surface area (Å²) >= 11 is 1.74. The monoisotopic (exact) mass is 291 g/mol. The first-order chi connectivity index (χ1) is 9.44. The number of hydrogen-bond acceptors (Lipinski definition) is 5. The van der Waals surface area contributed by atoms with Gasteiger partial charge in [-0.2, -0.15) is 0 Å². The summed E-state index contributed by atoms with van der Waals surface area (Å²) in [6.07, 6.45) is 0. The van der Waals surface area contributed by atoms with Gasteiger partial charge in [0.05, 0.1) is 0 Å². The molecule has 0 aliphatic heterocycles. The van der Waals surface area contributed by atoms with Crippen LogP contribution >= 0.6 is 11.8 Å². The second-order valence-electron chi connectivity index (χ2n) is 5.83. The van der Waals surface area contributed by atoms with Crippen molar-refractivity contribution in [3.05, 3.63) is 41.2 Å². The van der Waals surface area contributed by atoms with Gasteiger partial charge in [-0.05, 0) is 45.4 Å². The summed E-state index contributed by atoms with van der Waals surface area (Å²) in [5.74, 6) is 0.787. The Balaban J connectivity index is 1.87. The van der Waals surface area contributed by atoms with Crippen molar-refractivity contribution in [1.82, 2.24) is 15.6 Å². The number of nitrogens with zero attached hydrogens (tertiary/aromatic N) is 2. The largest absolute Gasteiger partial charge is 0.308 e. The molecular formula is C15H21N3OS. The topological polar surface area (TPSA) is 51.0 Å². The van der Waals surface area contributed by atoms with Crippen LogP contribution in [0.4, 0.5) is 0 Å². The zero-order valence-corrected chi connectivity index (χ0v) is 13.3. The first-order valence-electron chi connectivity index (χ1n) is 6.69. The van der Waals surface area contributed by atoms with Crippen LogP contribution in [0.15, 0.2) is 33.8 Å². The summed E-state index contributed by atoms with van der Waals surface area (Å²) in [5.41, 5.74) is 3.21. The van der Waals surface area contributed by atoms with Gasteiger partial charge in [-0.3, -0.25) is 0 Å². The molecule has 0 unspecified atom stereocenters. The van der Waals surface area contributed by atoms with Crippen LogP contribution in [0.2, 0.25) is 0 Å². The molecule has 108 valence electrons. The van der Waals surface area contributed by atoms with Gasteiger partial charge in [-0.1, -0.05) is 22.4 Å². The van der Waals surface area contributed by atoms with Gasteiger partial charge in [0.15, 0.2) is 0 Å². The van der Waals surface area contributed by atoms with E-state index in [0.29, 0.717) is 0 Å². The molecule has 1 N–H and O–H groups in total. The normalized spacial score (nSPS) is 11.8. The van der Waals surface area contributed by atoms with Crippen molar-refractivity contribution in [1.29, 1.82) is 0 Å². The minimum atomic E-state index is 0.144. The van der Waals surface area contributed by atoms with Gasteiger partial charge in [0.25, 0.3) is 0 Å². The fourth-order valence-corrected chi connectivity index (χ4v) is 2.50. The predicted octanol–water partition coefficient (Wildman–Crippen LogP) is 3.56. The SMILES string of the molecule is Cc1nonc1CSc1ccc(CNC(C)(C)C)cc1. The van der Waals surface area contributed by atoms with E-state index in [2.05, 4.69) is 60.7 Å². The molecule has 1 aromatic carbocycles. The van der Waals surface area contributed by atoms with Gasteiger partial charge in [-0.15, -0.1) is 11.8 Å². The molecular weight excluding hydrogens is 270 g/mol. The second kappa shape index (κ2) is 6.41. The smallest absolute Gasteiger partial charge is 0.118 e. The van der Waals surface area contributed by atoms with Crippen molar-refractivity contribution in [3.8, 4) is 0 Å². The Kier molecular flexibility index (Phi) is 4.83. The minimum absolute atomic E-state index is 0.144. The molecule has 1 heterocycles. The quantitative estimate of drug-likeness (QED) is 0.854. The minimum Gasteiger partial charge on any atom is -0.308 e. The van der Waals surface area contributed by atoms with E-state index in [4.69, 9.17) is 4.63 Å². The predicted molar refractivity (Wildman–Crippen MR) is 81.6 cm³/mol. The Morgan fingerprint density at radius 2 is 1.85 bits per heavy atom. The average Bonchev–Trinajstić information content (AvgIpc) is 2.80. The zero-order valence-electron chi connectivity index (χ0n) is 12.4. The number of aromatic nitrogens is 2. The number of aryl methyl sites for hydroxylation is 1. The lowest BCUT2D eigenvalue weighted by atomic mass is 10.1. The van der Waals surface area contributed by atoms with Crippen molar-refractivity contribution >= 4 is 11.8 Å². The fourth-order valence-electron chi connectivity index (χ4n) is 1.60. The first kappa shape index (κ1) is 15.1. The molecule has 0 atom stereocenters. The third-order valence-corrected chi connectivity index (χ3v) is 3.89. The maximum Gasteiger partial charge on any atom is 0.118 e. The highest BCUT2D eigenvalue weighted by Gasteiger charge is 2.08. The van der Waals surface area contributed by atoms with Gasteiger partial charge in [-0.25, -0.2) is 4.63 Å². The lowest BCUT2D eigenvalue weighted by Crippen LogP contribution is -2.35. The van der Waals surface area contributed by atoms with E-state index in [9.17, 15) is 0 Å². The van der Waals surface area contributed by atoms with Crippen LogP contribution in [0.25, 0.3) is 0 Å². The van der Waals surface area contributed by atoms with Crippen LogP contribution in [0.1, 0.15) is 37.7 Å². The Hall–Kier alpha value is -1.33. The highest BCUT2D eigenvalue weighted by atomic mass is 32.2. The van der Waals surface area contributed by atoms with Gasteiger partial charge in [0.1, 0.15) is 11.4 Å².